The summed E-state index contributed by atoms with van der Waals surface area (Å²) in [5.74, 6) is 0.191. The molecule has 0 unspecified atom stereocenters. The number of carbonyl (C=O) groups is 3. The number of phenolic OH excluding ortho intramolecular Hbond substituents is 1. The van der Waals surface area contributed by atoms with Gasteiger partial charge in [-0.1, -0.05) is 6.07 Å². The molecule has 3 amide bonds. The minimum Gasteiger partial charge on any atom is -0.504 e. The lowest BCUT2D eigenvalue weighted by Crippen LogP contribution is -2.36. The van der Waals surface area contributed by atoms with E-state index in [0.717, 1.165) is 16.7 Å². The third-order valence-corrected chi connectivity index (χ3v) is 5.24. The van der Waals surface area contributed by atoms with Crippen molar-refractivity contribution < 1.29 is 33.7 Å². The van der Waals surface area contributed by atoms with Crippen LogP contribution in [0.5, 0.6) is 23.0 Å². The summed E-state index contributed by atoms with van der Waals surface area (Å²) in [5.41, 5.74) is 1.03. The van der Waals surface area contributed by atoms with Crippen LogP contribution >= 0.6 is 11.8 Å². The van der Waals surface area contributed by atoms with Gasteiger partial charge in [0.05, 0.1) is 12.0 Å². The van der Waals surface area contributed by atoms with E-state index in [2.05, 4.69) is 5.32 Å². The average molecular weight is 428 g/mol. The van der Waals surface area contributed by atoms with E-state index in [1.54, 1.807) is 24.3 Å². The maximum Gasteiger partial charge on any atom is 0.294 e. The van der Waals surface area contributed by atoms with Gasteiger partial charge < -0.3 is 24.6 Å². The second-order valence-corrected chi connectivity index (χ2v) is 7.31. The van der Waals surface area contributed by atoms with Crippen LogP contribution in [0.2, 0.25) is 0 Å². The van der Waals surface area contributed by atoms with Gasteiger partial charge in [0.1, 0.15) is 6.54 Å². The van der Waals surface area contributed by atoms with Crippen molar-refractivity contribution >= 4 is 40.6 Å². The van der Waals surface area contributed by atoms with Gasteiger partial charge in [-0.2, -0.15) is 0 Å². The number of fused-ring (bicyclic) bond motifs is 1. The van der Waals surface area contributed by atoms with Crippen molar-refractivity contribution in [2.45, 2.75) is 0 Å². The SMILES string of the molecule is COc1cc(/C=C2/SC(=O)N(CC(=O)Nc3ccc4c(c3)OCO4)C2=O)ccc1O. The van der Waals surface area contributed by atoms with Gasteiger partial charge in [-0.3, -0.25) is 19.3 Å². The van der Waals surface area contributed by atoms with Crippen LogP contribution in [0.4, 0.5) is 10.5 Å². The molecule has 0 aromatic heterocycles. The molecule has 2 aliphatic heterocycles. The van der Waals surface area contributed by atoms with E-state index in [0.29, 0.717) is 22.7 Å². The molecule has 4 rings (SSSR count). The lowest BCUT2D eigenvalue weighted by molar-refractivity contribution is -0.127. The Kier molecular flexibility index (Phi) is 5.23. The fourth-order valence-corrected chi connectivity index (χ4v) is 3.73. The van der Waals surface area contributed by atoms with Gasteiger partial charge in [0.2, 0.25) is 12.7 Å². The van der Waals surface area contributed by atoms with E-state index in [9.17, 15) is 19.5 Å². The Morgan fingerprint density at radius 2 is 2.03 bits per heavy atom. The molecule has 10 heteroatoms. The molecule has 0 radical (unpaired) electrons. The molecule has 2 aliphatic rings. The van der Waals surface area contributed by atoms with E-state index in [4.69, 9.17) is 14.2 Å². The number of methoxy groups -OCH3 is 1. The van der Waals surface area contributed by atoms with Gasteiger partial charge in [-0.15, -0.1) is 0 Å². The number of phenols is 1. The maximum atomic E-state index is 12.6. The van der Waals surface area contributed by atoms with Gasteiger partial charge >= 0.3 is 0 Å². The fourth-order valence-electron chi connectivity index (χ4n) is 2.89. The second kappa shape index (κ2) is 7.99. The number of hydrogen-bond donors (Lipinski definition) is 2. The summed E-state index contributed by atoms with van der Waals surface area (Å²) in [6.45, 7) is -0.307. The Morgan fingerprint density at radius 1 is 1.23 bits per heavy atom. The van der Waals surface area contributed by atoms with Crippen LogP contribution in [0.1, 0.15) is 5.56 Å². The summed E-state index contributed by atoms with van der Waals surface area (Å²) in [5, 5.41) is 11.8. The summed E-state index contributed by atoms with van der Waals surface area (Å²) >= 11 is 0.738. The third kappa shape index (κ3) is 3.90. The first-order valence-corrected chi connectivity index (χ1v) is 9.58. The number of thioether (sulfide) groups is 1. The third-order valence-electron chi connectivity index (χ3n) is 4.33. The summed E-state index contributed by atoms with van der Waals surface area (Å²) in [6, 6.07) is 9.44. The van der Waals surface area contributed by atoms with Crippen molar-refractivity contribution in [3.8, 4) is 23.0 Å². The van der Waals surface area contributed by atoms with Crippen molar-refractivity contribution in [3.05, 3.63) is 46.9 Å². The number of hydrogen-bond acceptors (Lipinski definition) is 8. The van der Waals surface area contributed by atoms with Crippen LogP contribution in [0.15, 0.2) is 41.3 Å². The monoisotopic (exact) mass is 428 g/mol. The summed E-state index contributed by atoms with van der Waals surface area (Å²) in [4.78, 5) is 38.2. The largest absolute Gasteiger partial charge is 0.504 e. The molecule has 1 fully saturated rings. The molecule has 0 saturated carbocycles. The van der Waals surface area contributed by atoms with Crippen LogP contribution in [0.3, 0.4) is 0 Å². The van der Waals surface area contributed by atoms with Gasteiger partial charge in [-0.25, -0.2) is 0 Å². The predicted octanol–water partition coefficient (Wildman–Crippen LogP) is 2.80. The molecule has 0 atom stereocenters. The minimum absolute atomic E-state index is 0.0389. The molecule has 2 aromatic rings. The molecular formula is C20H16N2O7S. The number of imide groups is 1. The number of rotatable bonds is 5. The highest BCUT2D eigenvalue weighted by molar-refractivity contribution is 8.18. The number of ether oxygens (including phenoxy) is 3. The lowest BCUT2D eigenvalue weighted by Gasteiger charge is -2.12. The van der Waals surface area contributed by atoms with Crippen molar-refractivity contribution in [1.82, 2.24) is 4.90 Å². The number of benzene rings is 2. The van der Waals surface area contributed by atoms with E-state index >= 15 is 0 Å². The molecule has 0 aliphatic carbocycles. The Balaban J connectivity index is 1.44. The van der Waals surface area contributed by atoms with E-state index in [1.807, 2.05) is 0 Å². The Bertz CT molecular complexity index is 1080. The Labute approximate surface area is 175 Å². The molecule has 2 heterocycles. The zero-order chi connectivity index (χ0) is 21.3. The average Bonchev–Trinajstić information content (AvgIpc) is 3.29. The van der Waals surface area contributed by atoms with Crippen LogP contribution < -0.4 is 19.5 Å². The quantitative estimate of drug-likeness (QED) is 0.699. The van der Waals surface area contributed by atoms with Crippen LogP contribution in [0.25, 0.3) is 6.08 Å². The predicted molar refractivity (Wildman–Crippen MR) is 109 cm³/mol. The summed E-state index contributed by atoms with van der Waals surface area (Å²) in [7, 11) is 1.41. The first-order chi connectivity index (χ1) is 14.4. The second-order valence-electron chi connectivity index (χ2n) is 6.32. The van der Waals surface area contributed by atoms with Gasteiger partial charge in [0.15, 0.2) is 23.0 Å². The first-order valence-electron chi connectivity index (χ1n) is 8.76. The normalized spacial score (nSPS) is 16.3. The smallest absolute Gasteiger partial charge is 0.294 e. The maximum absolute atomic E-state index is 12.6. The topological polar surface area (TPSA) is 114 Å². The molecule has 154 valence electrons. The van der Waals surface area contributed by atoms with Gasteiger partial charge in [-0.05, 0) is 47.7 Å². The van der Waals surface area contributed by atoms with Crippen molar-refractivity contribution in [2.75, 3.05) is 25.8 Å². The van der Waals surface area contributed by atoms with E-state index in [1.165, 1.54) is 25.3 Å². The zero-order valence-corrected chi connectivity index (χ0v) is 16.5. The first kappa shape index (κ1) is 19.6. The Hall–Kier alpha value is -3.66. The number of aromatic hydroxyl groups is 1. The summed E-state index contributed by atoms with van der Waals surface area (Å²) in [6.07, 6.45) is 1.50. The molecule has 2 aromatic carbocycles. The minimum atomic E-state index is -0.571. The van der Waals surface area contributed by atoms with Crippen LogP contribution in [-0.2, 0) is 9.59 Å². The lowest BCUT2D eigenvalue weighted by atomic mass is 10.2. The number of carbonyl (C=O) groups excluding carboxylic acids is 3. The zero-order valence-electron chi connectivity index (χ0n) is 15.7. The standard InChI is InChI=1S/C20H16N2O7S/c1-27-15-6-11(2-4-13(15)23)7-17-19(25)22(20(26)30-17)9-18(24)21-12-3-5-14-16(8-12)29-10-28-14/h2-8,23H,9-10H2,1H3,(H,21,24)/b17-7+. The van der Waals surface area contributed by atoms with Gasteiger partial charge in [0.25, 0.3) is 11.1 Å². The number of amides is 3. The molecular weight excluding hydrogens is 412 g/mol. The Morgan fingerprint density at radius 3 is 2.83 bits per heavy atom. The summed E-state index contributed by atoms with van der Waals surface area (Å²) < 4.78 is 15.5. The molecule has 0 bridgehead atoms. The molecule has 2 N–H and O–H groups in total. The highest BCUT2D eigenvalue weighted by Gasteiger charge is 2.36. The number of anilines is 1. The van der Waals surface area contributed by atoms with E-state index in [-0.39, 0.29) is 23.2 Å². The molecule has 0 spiro atoms. The van der Waals surface area contributed by atoms with Crippen LogP contribution in [-0.4, -0.2) is 47.5 Å². The van der Waals surface area contributed by atoms with Gasteiger partial charge in [0, 0.05) is 11.8 Å². The van der Waals surface area contributed by atoms with E-state index < -0.39 is 23.6 Å². The van der Waals surface area contributed by atoms with Crippen molar-refractivity contribution in [3.63, 3.8) is 0 Å². The molecule has 9 nitrogen and oxygen atoms in total. The van der Waals surface area contributed by atoms with Crippen molar-refractivity contribution in [2.24, 2.45) is 0 Å². The highest BCUT2D eigenvalue weighted by Crippen LogP contribution is 2.35. The highest BCUT2D eigenvalue weighted by atomic mass is 32.2. The van der Waals surface area contributed by atoms with Crippen LogP contribution in [0, 0.1) is 0 Å². The number of nitrogens with zero attached hydrogens (tertiary/aromatic N) is 1. The number of nitrogens with one attached hydrogen (secondary N) is 1. The molecule has 30 heavy (non-hydrogen) atoms. The molecule has 1 saturated heterocycles. The van der Waals surface area contributed by atoms with Crippen molar-refractivity contribution in [1.29, 1.82) is 0 Å². The fraction of sp³-hybridized carbons (Fsp3) is 0.150.